The number of carbonyl (C=O) groups excluding carboxylic acids is 1. The maximum Gasteiger partial charge on any atom is 0.226 e. The van der Waals surface area contributed by atoms with Crippen LogP contribution in [-0.4, -0.2) is 29.4 Å². The average molecular weight is 252 g/mol. The van der Waals surface area contributed by atoms with Crippen molar-refractivity contribution in [3.63, 3.8) is 0 Å². The van der Waals surface area contributed by atoms with Gasteiger partial charge in [-0.05, 0) is 50.9 Å². The minimum absolute atomic E-state index is 0.233. The van der Waals surface area contributed by atoms with Crippen LogP contribution in [0, 0.1) is 11.8 Å². The van der Waals surface area contributed by atoms with Gasteiger partial charge in [-0.25, -0.2) is 0 Å². The van der Waals surface area contributed by atoms with E-state index >= 15 is 0 Å². The standard InChI is InChI=1S/C15H28N2O/c1-3-13-6-4-5-9-17(13)15(18)14-8-7-12(16)10-11(14)2/h11-14H,3-10,16H2,1-2H3. The molecule has 1 heterocycles. The predicted octanol–water partition coefficient (Wildman–Crippen LogP) is 2.54. The van der Waals surface area contributed by atoms with Crippen LogP contribution in [0.1, 0.15) is 58.8 Å². The number of piperidine rings is 1. The number of hydrogen-bond donors (Lipinski definition) is 1. The van der Waals surface area contributed by atoms with Gasteiger partial charge in [0.2, 0.25) is 5.91 Å². The van der Waals surface area contributed by atoms with E-state index in [1.807, 2.05) is 0 Å². The molecule has 1 saturated heterocycles. The second-order valence-electron chi connectivity index (χ2n) is 6.25. The van der Waals surface area contributed by atoms with Gasteiger partial charge in [-0.3, -0.25) is 4.79 Å². The Morgan fingerprint density at radius 2 is 2.06 bits per heavy atom. The van der Waals surface area contributed by atoms with Crippen molar-refractivity contribution in [2.75, 3.05) is 6.54 Å². The lowest BCUT2D eigenvalue weighted by molar-refractivity contribution is -0.142. The van der Waals surface area contributed by atoms with Gasteiger partial charge in [0.05, 0.1) is 0 Å². The molecule has 1 aliphatic heterocycles. The number of rotatable bonds is 2. The molecule has 0 spiro atoms. The summed E-state index contributed by atoms with van der Waals surface area (Å²) < 4.78 is 0. The van der Waals surface area contributed by atoms with Crippen LogP contribution in [0.4, 0.5) is 0 Å². The van der Waals surface area contributed by atoms with Crippen LogP contribution in [-0.2, 0) is 4.79 Å². The van der Waals surface area contributed by atoms with Gasteiger partial charge in [0.15, 0.2) is 0 Å². The molecule has 18 heavy (non-hydrogen) atoms. The van der Waals surface area contributed by atoms with Crippen molar-refractivity contribution in [3.8, 4) is 0 Å². The van der Waals surface area contributed by atoms with E-state index in [2.05, 4.69) is 18.7 Å². The van der Waals surface area contributed by atoms with E-state index in [9.17, 15) is 4.79 Å². The fourth-order valence-corrected chi connectivity index (χ4v) is 3.73. The summed E-state index contributed by atoms with van der Waals surface area (Å²) in [6.45, 7) is 5.38. The number of likely N-dealkylation sites (tertiary alicyclic amines) is 1. The van der Waals surface area contributed by atoms with Gasteiger partial charge in [-0.2, -0.15) is 0 Å². The van der Waals surface area contributed by atoms with Gasteiger partial charge in [-0.1, -0.05) is 13.8 Å². The maximum absolute atomic E-state index is 12.7. The van der Waals surface area contributed by atoms with E-state index in [1.165, 1.54) is 19.3 Å². The SMILES string of the molecule is CCC1CCCCN1C(=O)C1CCC(N)CC1C. The molecular weight excluding hydrogens is 224 g/mol. The number of nitrogens with two attached hydrogens (primary N) is 1. The minimum Gasteiger partial charge on any atom is -0.339 e. The molecule has 1 amide bonds. The van der Waals surface area contributed by atoms with Gasteiger partial charge < -0.3 is 10.6 Å². The Balaban J connectivity index is 2.01. The maximum atomic E-state index is 12.7. The quantitative estimate of drug-likeness (QED) is 0.821. The van der Waals surface area contributed by atoms with Crippen molar-refractivity contribution < 1.29 is 4.79 Å². The van der Waals surface area contributed by atoms with Gasteiger partial charge >= 0.3 is 0 Å². The number of carbonyl (C=O) groups is 1. The summed E-state index contributed by atoms with van der Waals surface area (Å²) in [5, 5.41) is 0. The molecule has 2 rings (SSSR count). The predicted molar refractivity (Wildman–Crippen MR) is 74.1 cm³/mol. The van der Waals surface area contributed by atoms with E-state index in [0.717, 1.165) is 32.2 Å². The lowest BCUT2D eigenvalue weighted by atomic mass is 9.77. The summed E-state index contributed by atoms with van der Waals surface area (Å²) >= 11 is 0. The van der Waals surface area contributed by atoms with Crippen LogP contribution in [0.25, 0.3) is 0 Å². The number of amides is 1. The first kappa shape index (κ1) is 13.9. The van der Waals surface area contributed by atoms with Gasteiger partial charge in [0.1, 0.15) is 0 Å². The first-order valence-corrected chi connectivity index (χ1v) is 7.69. The van der Waals surface area contributed by atoms with Crippen molar-refractivity contribution in [1.82, 2.24) is 4.90 Å². The van der Waals surface area contributed by atoms with Gasteiger partial charge in [-0.15, -0.1) is 0 Å². The van der Waals surface area contributed by atoms with Gasteiger partial charge in [0, 0.05) is 24.5 Å². The monoisotopic (exact) mass is 252 g/mol. The van der Waals surface area contributed by atoms with Crippen LogP contribution in [0.2, 0.25) is 0 Å². The summed E-state index contributed by atoms with van der Waals surface area (Å²) in [6, 6.07) is 0.807. The molecule has 1 saturated carbocycles. The number of hydrogen-bond acceptors (Lipinski definition) is 2. The summed E-state index contributed by atoms with van der Waals surface area (Å²) in [6.07, 6.45) is 7.80. The molecule has 0 aromatic carbocycles. The van der Waals surface area contributed by atoms with E-state index < -0.39 is 0 Å². The van der Waals surface area contributed by atoms with Crippen molar-refractivity contribution in [2.24, 2.45) is 17.6 Å². The zero-order chi connectivity index (χ0) is 13.1. The Kier molecular flexibility index (Phi) is 4.66. The fraction of sp³-hybridized carbons (Fsp3) is 0.933. The Hall–Kier alpha value is -0.570. The van der Waals surface area contributed by atoms with E-state index in [1.54, 1.807) is 0 Å². The smallest absolute Gasteiger partial charge is 0.226 e. The molecule has 2 N–H and O–H groups in total. The van der Waals surface area contributed by atoms with E-state index in [4.69, 9.17) is 5.73 Å². The Morgan fingerprint density at radius 1 is 1.28 bits per heavy atom. The highest BCUT2D eigenvalue weighted by Gasteiger charge is 2.36. The van der Waals surface area contributed by atoms with Crippen LogP contribution >= 0.6 is 0 Å². The normalized spacial score (nSPS) is 37.6. The van der Waals surface area contributed by atoms with Crippen LogP contribution in [0.15, 0.2) is 0 Å². The third-order valence-electron chi connectivity index (χ3n) is 4.91. The molecule has 2 fully saturated rings. The zero-order valence-corrected chi connectivity index (χ0v) is 11.9. The van der Waals surface area contributed by atoms with Crippen molar-refractivity contribution in [3.05, 3.63) is 0 Å². The fourth-order valence-electron chi connectivity index (χ4n) is 3.73. The molecule has 0 bridgehead atoms. The molecule has 0 aromatic heterocycles. The van der Waals surface area contributed by atoms with Crippen LogP contribution in [0.3, 0.4) is 0 Å². The van der Waals surface area contributed by atoms with Gasteiger partial charge in [0.25, 0.3) is 0 Å². The molecule has 0 aromatic rings. The molecule has 104 valence electrons. The van der Waals surface area contributed by atoms with Crippen LogP contribution in [0.5, 0.6) is 0 Å². The lowest BCUT2D eigenvalue weighted by Gasteiger charge is -2.40. The third-order valence-corrected chi connectivity index (χ3v) is 4.91. The molecule has 3 nitrogen and oxygen atoms in total. The Bertz CT molecular complexity index is 292. The second kappa shape index (κ2) is 6.05. The summed E-state index contributed by atoms with van der Waals surface area (Å²) in [5.74, 6) is 1.11. The lowest BCUT2D eigenvalue weighted by Crippen LogP contribution is -2.49. The Labute approximate surface area is 111 Å². The molecule has 1 aliphatic carbocycles. The summed E-state index contributed by atoms with van der Waals surface area (Å²) in [7, 11) is 0. The van der Waals surface area contributed by atoms with Crippen molar-refractivity contribution in [2.45, 2.75) is 70.9 Å². The van der Waals surface area contributed by atoms with E-state index in [-0.39, 0.29) is 5.92 Å². The molecule has 4 atom stereocenters. The van der Waals surface area contributed by atoms with Crippen LogP contribution < -0.4 is 5.73 Å². The summed E-state index contributed by atoms with van der Waals surface area (Å²) in [4.78, 5) is 14.9. The first-order chi connectivity index (χ1) is 8.63. The molecular formula is C15H28N2O. The Morgan fingerprint density at radius 3 is 2.72 bits per heavy atom. The third kappa shape index (κ3) is 2.87. The highest BCUT2D eigenvalue weighted by atomic mass is 16.2. The summed E-state index contributed by atoms with van der Waals surface area (Å²) in [5.41, 5.74) is 5.99. The number of nitrogens with zero attached hydrogens (tertiary/aromatic N) is 1. The molecule has 3 heteroatoms. The first-order valence-electron chi connectivity index (χ1n) is 7.69. The van der Waals surface area contributed by atoms with Crippen molar-refractivity contribution in [1.29, 1.82) is 0 Å². The molecule has 4 unspecified atom stereocenters. The average Bonchev–Trinajstić information content (AvgIpc) is 2.38. The molecule has 0 radical (unpaired) electrons. The zero-order valence-electron chi connectivity index (χ0n) is 11.9. The second-order valence-corrected chi connectivity index (χ2v) is 6.25. The largest absolute Gasteiger partial charge is 0.339 e. The topological polar surface area (TPSA) is 46.3 Å². The highest BCUT2D eigenvalue weighted by Crippen LogP contribution is 2.32. The molecule has 2 aliphatic rings. The highest BCUT2D eigenvalue weighted by molar-refractivity contribution is 5.79. The van der Waals surface area contributed by atoms with E-state index in [0.29, 0.717) is 23.9 Å². The van der Waals surface area contributed by atoms with Crippen molar-refractivity contribution >= 4 is 5.91 Å². The minimum atomic E-state index is 0.233.